The molecule has 134 valence electrons. The molecule has 1 heterocycles. The molecule has 2 aromatic carbocycles. The van der Waals surface area contributed by atoms with Crippen molar-refractivity contribution in [2.75, 3.05) is 6.61 Å². The summed E-state index contributed by atoms with van der Waals surface area (Å²) >= 11 is 8.08. The molecule has 1 aliphatic rings. The fourth-order valence-corrected chi connectivity index (χ4v) is 3.27. The van der Waals surface area contributed by atoms with Crippen LogP contribution in [-0.2, 0) is 15.3 Å². The van der Waals surface area contributed by atoms with Gasteiger partial charge in [-0.05, 0) is 42.2 Å². The van der Waals surface area contributed by atoms with Gasteiger partial charge >= 0.3 is 0 Å². The van der Waals surface area contributed by atoms with E-state index in [1.807, 2.05) is 36.4 Å². The molecule has 6 heteroatoms. The van der Waals surface area contributed by atoms with Crippen LogP contribution in [0.4, 0.5) is 0 Å². The smallest absolute Gasteiger partial charge is 0.202 e. The molecule has 0 saturated carbocycles. The largest absolute Gasteiger partial charge is 0.465 e. The van der Waals surface area contributed by atoms with Gasteiger partial charge in [-0.2, -0.15) is 0 Å². The van der Waals surface area contributed by atoms with Gasteiger partial charge in [-0.1, -0.05) is 30.3 Å². The number of benzene rings is 2. The first-order valence-electron chi connectivity index (χ1n) is 8.26. The van der Waals surface area contributed by atoms with Gasteiger partial charge in [0.2, 0.25) is 6.29 Å². The first-order chi connectivity index (χ1) is 12.1. The highest BCUT2D eigenvalue weighted by Crippen LogP contribution is 2.27. The third-order valence-corrected chi connectivity index (χ3v) is 4.61. The van der Waals surface area contributed by atoms with Crippen LogP contribution < -0.4 is 4.74 Å². The van der Waals surface area contributed by atoms with Crippen molar-refractivity contribution in [2.45, 2.75) is 42.7 Å². The van der Waals surface area contributed by atoms with Crippen LogP contribution in [0.1, 0.15) is 24.0 Å². The molecule has 0 spiro atoms. The van der Waals surface area contributed by atoms with E-state index in [4.69, 9.17) is 13.7 Å². The van der Waals surface area contributed by atoms with Crippen LogP contribution in [0.15, 0.2) is 53.4 Å². The van der Waals surface area contributed by atoms with Gasteiger partial charge in [-0.3, -0.25) is 0 Å². The Morgan fingerprint density at radius 3 is 2.60 bits per heavy atom. The monoisotopic (exact) mass is 378 g/mol. The van der Waals surface area contributed by atoms with E-state index in [2.05, 4.69) is 37.7 Å². The van der Waals surface area contributed by atoms with Gasteiger partial charge in [0.25, 0.3) is 0 Å². The standard InChI is InChI=1S/C19H22O4S2/c20-15-10-16(12-21-25)22-19(11-15)23-18-4-2-1-3-14(18)9-13-5-7-17(24)8-6-13/h1-8,15-16,19-20,24-25H,9-12H2/t15-,16-,19-/m0/s1. The normalized spacial score (nSPS) is 23.4. The molecule has 3 atom stereocenters. The van der Waals surface area contributed by atoms with E-state index in [0.717, 1.165) is 22.6 Å². The van der Waals surface area contributed by atoms with Crippen LogP contribution in [0.25, 0.3) is 0 Å². The van der Waals surface area contributed by atoms with Gasteiger partial charge in [0.05, 0.1) is 18.8 Å². The lowest BCUT2D eigenvalue weighted by Gasteiger charge is -2.33. The molecule has 1 saturated heterocycles. The molecule has 0 unspecified atom stereocenters. The summed E-state index contributed by atoms with van der Waals surface area (Å²) in [4.78, 5) is 0.940. The summed E-state index contributed by atoms with van der Waals surface area (Å²) in [6, 6.07) is 16.0. The van der Waals surface area contributed by atoms with E-state index in [1.54, 1.807) is 0 Å². The van der Waals surface area contributed by atoms with Gasteiger partial charge in [-0.25, -0.2) is 0 Å². The van der Waals surface area contributed by atoms with Crippen LogP contribution in [0.2, 0.25) is 0 Å². The molecule has 0 radical (unpaired) electrons. The minimum absolute atomic E-state index is 0.221. The molecule has 0 amide bonds. The number of aliphatic hydroxyl groups excluding tert-OH is 1. The zero-order chi connectivity index (χ0) is 17.6. The predicted molar refractivity (Wildman–Crippen MR) is 102 cm³/mol. The molecule has 1 aliphatic heterocycles. The average molecular weight is 379 g/mol. The number of thiol groups is 2. The molecule has 2 aromatic rings. The van der Waals surface area contributed by atoms with Crippen LogP contribution in [0.3, 0.4) is 0 Å². The van der Waals surface area contributed by atoms with Gasteiger partial charge < -0.3 is 18.8 Å². The average Bonchev–Trinajstić information content (AvgIpc) is 2.58. The van der Waals surface area contributed by atoms with Gasteiger partial charge in [0, 0.05) is 24.2 Å². The van der Waals surface area contributed by atoms with Crippen molar-refractivity contribution in [1.29, 1.82) is 0 Å². The molecule has 0 bridgehead atoms. The Kier molecular flexibility index (Phi) is 6.67. The highest BCUT2D eigenvalue weighted by molar-refractivity contribution is 7.80. The molecular weight excluding hydrogens is 356 g/mol. The summed E-state index contributed by atoms with van der Waals surface area (Å²) in [6.07, 6.45) is 0.522. The zero-order valence-corrected chi connectivity index (χ0v) is 15.5. The van der Waals surface area contributed by atoms with Crippen molar-refractivity contribution in [3.8, 4) is 5.75 Å². The Morgan fingerprint density at radius 2 is 1.84 bits per heavy atom. The Balaban J connectivity index is 1.71. The summed E-state index contributed by atoms with van der Waals surface area (Å²) in [5.74, 6) is 0.766. The molecular formula is C19H22O4S2. The first kappa shape index (κ1) is 18.6. The second-order valence-corrected chi connectivity index (χ2v) is 6.95. The van der Waals surface area contributed by atoms with Crippen molar-refractivity contribution >= 4 is 25.5 Å². The fraction of sp³-hybridized carbons (Fsp3) is 0.368. The van der Waals surface area contributed by atoms with Crippen molar-refractivity contribution < 1.29 is 18.8 Å². The molecule has 3 rings (SSSR count). The van der Waals surface area contributed by atoms with Gasteiger partial charge in [-0.15, -0.1) is 12.6 Å². The maximum atomic E-state index is 10.0. The highest BCUT2D eigenvalue weighted by Gasteiger charge is 2.30. The quantitative estimate of drug-likeness (QED) is 0.530. The third kappa shape index (κ3) is 5.39. The molecule has 0 aliphatic carbocycles. The highest BCUT2D eigenvalue weighted by atomic mass is 32.1. The summed E-state index contributed by atoms with van der Waals surface area (Å²) in [5, 5.41) is 10.0. The minimum Gasteiger partial charge on any atom is -0.465 e. The lowest BCUT2D eigenvalue weighted by Crippen LogP contribution is -2.40. The third-order valence-electron chi connectivity index (χ3n) is 4.17. The van der Waals surface area contributed by atoms with Crippen LogP contribution in [-0.4, -0.2) is 30.2 Å². The Hall–Kier alpha value is -1.18. The number of ether oxygens (including phenoxy) is 2. The molecule has 1 N–H and O–H groups in total. The van der Waals surface area contributed by atoms with Crippen molar-refractivity contribution in [1.82, 2.24) is 0 Å². The first-order valence-corrected chi connectivity index (χ1v) is 9.07. The Morgan fingerprint density at radius 1 is 1.08 bits per heavy atom. The number of rotatable bonds is 6. The second kappa shape index (κ2) is 8.96. The predicted octanol–water partition coefficient (Wildman–Crippen LogP) is 3.67. The van der Waals surface area contributed by atoms with E-state index >= 15 is 0 Å². The van der Waals surface area contributed by atoms with Crippen LogP contribution in [0.5, 0.6) is 5.75 Å². The molecule has 0 aromatic heterocycles. The van der Waals surface area contributed by atoms with Crippen molar-refractivity contribution in [3.63, 3.8) is 0 Å². The van der Waals surface area contributed by atoms with E-state index in [-0.39, 0.29) is 6.10 Å². The van der Waals surface area contributed by atoms with Crippen molar-refractivity contribution in [2.24, 2.45) is 0 Å². The summed E-state index contributed by atoms with van der Waals surface area (Å²) in [5.41, 5.74) is 2.25. The zero-order valence-electron chi connectivity index (χ0n) is 13.7. The van der Waals surface area contributed by atoms with Gasteiger partial charge in [0.15, 0.2) is 0 Å². The Bertz CT molecular complexity index is 677. The number of para-hydroxylation sites is 1. The molecule has 25 heavy (non-hydrogen) atoms. The summed E-state index contributed by atoms with van der Waals surface area (Å²) in [6.45, 7) is 0.317. The Labute approximate surface area is 159 Å². The minimum atomic E-state index is -0.502. The maximum Gasteiger partial charge on any atom is 0.202 e. The number of aliphatic hydroxyl groups is 1. The van der Waals surface area contributed by atoms with Crippen molar-refractivity contribution in [3.05, 3.63) is 59.7 Å². The molecule has 4 nitrogen and oxygen atoms in total. The van der Waals surface area contributed by atoms with E-state index < -0.39 is 12.4 Å². The number of hydrogen-bond acceptors (Lipinski definition) is 6. The van der Waals surface area contributed by atoms with Crippen LogP contribution in [0, 0.1) is 0 Å². The summed E-state index contributed by atoms with van der Waals surface area (Å²) in [7, 11) is 0. The second-order valence-electron chi connectivity index (χ2n) is 6.18. The van der Waals surface area contributed by atoms with E-state index in [0.29, 0.717) is 19.4 Å². The van der Waals surface area contributed by atoms with Gasteiger partial charge in [0.1, 0.15) is 5.75 Å². The lowest BCUT2D eigenvalue weighted by atomic mass is 10.0. The van der Waals surface area contributed by atoms with Crippen LogP contribution >= 0.6 is 25.5 Å². The topological polar surface area (TPSA) is 47.9 Å². The molecule has 1 fully saturated rings. The number of hydrogen-bond donors (Lipinski definition) is 3. The summed E-state index contributed by atoms with van der Waals surface area (Å²) < 4.78 is 16.7. The lowest BCUT2D eigenvalue weighted by molar-refractivity contribution is -0.181. The fourth-order valence-electron chi connectivity index (χ4n) is 2.95. The SMILES string of the molecule is O[C@H]1C[C@@H](COS)O[C@@H](Oc2ccccc2Cc2ccc(S)cc2)C1. The maximum absolute atomic E-state index is 10.0. The van der Waals surface area contributed by atoms with E-state index in [9.17, 15) is 5.11 Å². The van der Waals surface area contributed by atoms with E-state index in [1.165, 1.54) is 5.56 Å².